The van der Waals surface area contributed by atoms with Crippen LogP contribution in [0.2, 0.25) is 0 Å². The molecule has 0 radical (unpaired) electrons. The van der Waals surface area contributed by atoms with Crippen molar-refractivity contribution in [2.45, 2.75) is 18.9 Å². The Bertz CT molecular complexity index is 1300. The lowest BCUT2D eigenvalue weighted by molar-refractivity contribution is 0.200. The van der Waals surface area contributed by atoms with Gasteiger partial charge in [-0.1, -0.05) is 18.2 Å². The summed E-state index contributed by atoms with van der Waals surface area (Å²) in [5.74, 6) is 1.85. The molecule has 6 rings (SSSR count). The molecule has 5 heterocycles. The number of anilines is 2. The minimum atomic E-state index is -0.210. The summed E-state index contributed by atoms with van der Waals surface area (Å²) in [6.45, 7) is 2.72. The van der Waals surface area contributed by atoms with E-state index in [9.17, 15) is 9.50 Å². The van der Waals surface area contributed by atoms with Crippen LogP contribution in [-0.4, -0.2) is 50.9 Å². The third-order valence-electron chi connectivity index (χ3n) is 6.66. The number of imidazole rings is 1. The van der Waals surface area contributed by atoms with E-state index in [1.165, 1.54) is 6.07 Å². The van der Waals surface area contributed by atoms with Crippen molar-refractivity contribution in [1.29, 1.82) is 0 Å². The van der Waals surface area contributed by atoms with Gasteiger partial charge in [-0.05, 0) is 54.8 Å². The van der Waals surface area contributed by atoms with Crippen LogP contribution in [0, 0.1) is 11.7 Å². The molecule has 168 valence electrons. The highest BCUT2D eigenvalue weighted by atomic mass is 19.1. The number of hydrogen-bond donors (Lipinski definition) is 1. The lowest BCUT2D eigenvalue weighted by Gasteiger charge is -2.39. The Kier molecular flexibility index (Phi) is 4.95. The van der Waals surface area contributed by atoms with Crippen LogP contribution in [0.3, 0.4) is 0 Å². The maximum absolute atomic E-state index is 13.8. The lowest BCUT2D eigenvalue weighted by atomic mass is 10.0. The standard InChI is InChI=1S/C25H25FN6O/c26-19-5-1-4-18(12-19)21-7-3-11-31(21)25-10-9-23-27-13-22(32(23)29-25)20-6-2-8-24(28-20)30-14-17(15-30)16-33/h1-2,4-6,8-10,12-13,17,21,33H,3,7,11,14-16H2/t21-/m1/s1. The summed E-state index contributed by atoms with van der Waals surface area (Å²) in [7, 11) is 0. The SMILES string of the molecule is OCC1CN(c2cccc(-c3cnc4ccc(N5CCC[C@@H]5c5cccc(F)c5)nn34)n2)C1. The van der Waals surface area contributed by atoms with Gasteiger partial charge < -0.3 is 14.9 Å². The lowest BCUT2D eigenvalue weighted by Crippen LogP contribution is -2.48. The first kappa shape index (κ1) is 20.1. The summed E-state index contributed by atoms with van der Waals surface area (Å²) in [5.41, 5.74) is 3.37. The molecule has 1 atom stereocenters. The molecule has 0 unspecified atom stereocenters. The number of halogens is 1. The fourth-order valence-electron chi connectivity index (χ4n) is 4.91. The quantitative estimate of drug-likeness (QED) is 0.506. The number of pyridine rings is 1. The third kappa shape index (κ3) is 3.60. The Labute approximate surface area is 191 Å². The molecule has 0 bridgehead atoms. The predicted molar refractivity (Wildman–Crippen MR) is 125 cm³/mol. The van der Waals surface area contributed by atoms with Crippen molar-refractivity contribution >= 4 is 17.3 Å². The maximum Gasteiger partial charge on any atom is 0.154 e. The monoisotopic (exact) mass is 444 g/mol. The third-order valence-corrected chi connectivity index (χ3v) is 6.66. The van der Waals surface area contributed by atoms with Crippen molar-refractivity contribution in [2.24, 2.45) is 5.92 Å². The van der Waals surface area contributed by atoms with E-state index >= 15 is 0 Å². The van der Waals surface area contributed by atoms with E-state index in [0.717, 1.165) is 66.7 Å². The number of nitrogens with zero attached hydrogens (tertiary/aromatic N) is 6. The zero-order valence-electron chi connectivity index (χ0n) is 18.2. The fraction of sp³-hybridized carbons (Fsp3) is 0.320. The van der Waals surface area contributed by atoms with E-state index in [1.54, 1.807) is 18.3 Å². The minimum Gasteiger partial charge on any atom is -0.396 e. The second-order valence-electron chi connectivity index (χ2n) is 8.85. The van der Waals surface area contributed by atoms with Gasteiger partial charge in [-0.3, -0.25) is 0 Å². The summed E-state index contributed by atoms with van der Waals surface area (Å²) >= 11 is 0. The topological polar surface area (TPSA) is 69.8 Å². The number of aliphatic hydroxyl groups is 1. The van der Waals surface area contributed by atoms with Crippen LogP contribution < -0.4 is 9.80 Å². The molecule has 0 spiro atoms. The number of hydrogen-bond acceptors (Lipinski definition) is 6. The average molecular weight is 445 g/mol. The molecular formula is C25H25FN6O. The van der Waals surface area contributed by atoms with Crippen LogP contribution in [-0.2, 0) is 0 Å². The van der Waals surface area contributed by atoms with Crippen LogP contribution in [0.5, 0.6) is 0 Å². The van der Waals surface area contributed by atoms with Crippen LogP contribution in [0.15, 0.2) is 60.8 Å². The van der Waals surface area contributed by atoms with Crippen molar-refractivity contribution in [2.75, 3.05) is 36.0 Å². The number of aromatic nitrogens is 4. The molecule has 7 nitrogen and oxygen atoms in total. The van der Waals surface area contributed by atoms with Crippen molar-refractivity contribution < 1.29 is 9.50 Å². The molecule has 0 aliphatic carbocycles. The molecule has 4 aromatic rings. The van der Waals surface area contributed by atoms with Crippen molar-refractivity contribution in [3.8, 4) is 11.4 Å². The van der Waals surface area contributed by atoms with Crippen LogP contribution in [0.25, 0.3) is 17.0 Å². The van der Waals surface area contributed by atoms with Gasteiger partial charge in [0.15, 0.2) is 5.65 Å². The smallest absolute Gasteiger partial charge is 0.154 e. The van der Waals surface area contributed by atoms with E-state index in [0.29, 0.717) is 5.92 Å². The molecule has 2 fully saturated rings. The molecule has 33 heavy (non-hydrogen) atoms. The van der Waals surface area contributed by atoms with Gasteiger partial charge in [0, 0.05) is 32.2 Å². The normalized spacial score (nSPS) is 18.8. The number of rotatable bonds is 5. The molecule has 1 N–H and O–H groups in total. The van der Waals surface area contributed by atoms with Gasteiger partial charge in [-0.25, -0.2) is 18.9 Å². The van der Waals surface area contributed by atoms with Crippen LogP contribution in [0.1, 0.15) is 24.4 Å². The van der Waals surface area contributed by atoms with Gasteiger partial charge >= 0.3 is 0 Å². The Morgan fingerprint density at radius 1 is 1.03 bits per heavy atom. The zero-order valence-corrected chi connectivity index (χ0v) is 18.2. The first-order valence-corrected chi connectivity index (χ1v) is 11.4. The second kappa shape index (κ2) is 8.12. The van der Waals surface area contributed by atoms with Gasteiger partial charge in [0.25, 0.3) is 0 Å². The minimum absolute atomic E-state index is 0.102. The van der Waals surface area contributed by atoms with Crippen LogP contribution in [0.4, 0.5) is 16.0 Å². The van der Waals surface area contributed by atoms with Gasteiger partial charge in [0.05, 0.1) is 17.9 Å². The summed E-state index contributed by atoms with van der Waals surface area (Å²) < 4.78 is 15.7. The molecule has 3 aromatic heterocycles. The molecule has 2 aliphatic heterocycles. The fourth-order valence-corrected chi connectivity index (χ4v) is 4.91. The zero-order chi connectivity index (χ0) is 22.4. The molecule has 1 aromatic carbocycles. The van der Waals surface area contributed by atoms with Crippen LogP contribution >= 0.6 is 0 Å². The largest absolute Gasteiger partial charge is 0.396 e. The van der Waals surface area contributed by atoms with Crippen molar-refractivity contribution in [1.82, 2.24) is 19.6 Å². The van der Waals surface area contributed by atoms with E-state index < -0.39 is 0 Å². The molecular weight excluding hydrogens is 419 g/mol. The van der Waals surface area contributed by atoms with E-state index in [1.807, 2.05) is 40.9 Å². The van der Waals surface area contributed by atoms with Crippen molar-refractivity contribution in [3.05, 3.63) is 72.2 Å². The molecule has 2 saturated heterocycles. The first-order valence-electron chi connectivity index (χ1n) is 11.4. The van der Waals surface area contributed by atoms with E-state index in [2.05, 4.69) is 14.8 Å². The Morgan fingerprint density at radius 3 is 2.76 bits per heavy atom. The Balaban J connectivity index is 1.34. The van der Waals surface area contributed by atoms with Gasteiger partial charge in [0.1, 0.15) is 23.1 Å². The maximum atomic E-state index is 13.8. The highest BCUT2D eigenvalue weighted by Gasteiger charge is 2.29. The summed E-state index contributed by atoms with van der Waals surface area (Å²) in [4.78, 5) is 13.8. The van der Waals surface area contributed by atoms with Crippen molar-refractivity contribution in [3.63, 3.8) is 0 Å². The second-order valence-corrected chi connectivity index (χ2v) is 8.85. The van der Waals surface area contributed by atoms with Gasteiger partial charge in [0.2, 0.25) is 0 Å². The molecule has 2 aliphatic rings. The highest BCUT2D eigenvalue weighted by Crippen LogP contribution is 2.36. The Hall–Kier alpha value is -3.52. The van der Waals surface area contributed by atoms with Gasteiger partial charge in [-0.2, -0.15) is 0 Å². The van der Waals surface area contributed by atoms with E-state index in [-0.39, 0.29) is 18.5 Å². The Morgan fingerprint density at radius 2 is 1.91 bits per heavy atom. The van der Waals surface area contributed by atoms with E-state index in [4.69, 9.17) is 10.1 Å². The summed E-state index contributed by atoms with van der Waals surface area (Å²) in [6.07, 6.45) is 3.80. The molecule has 8 heteroatoms. The number of benzene rings is 1. The predicted octanol–water partition coefficient (Wildman–Crippen LogP) is 3.70. The highest BCUT2D eigenvalue weighted by molar-refractivity contribution is 5.63. The summed E-state index contributed by atoms with van der Waals surface area (Å²) in [6, 6.07) is 16.9. The number of fused-ring (bicyclic) bond motifs is 1. The average Bonchev–Trinajstić information content (AvgIpc) is 3.46. The molecule has 0 saturated carbocycles. The number of aliphatic hydroxyl groups excluding tert-OH is 1. The first-order chi connectivity index (χ1) is 16.2. The summed E-state index contributed by atoms with van der Waals surface area (Å²) in [5, 5.41) is 14.2. The molecule has 0 amide bonds. The van der Waals surface area contributed by atoms with Gasteiger partial charge in [-0.15, -0.1) is 5.10 Å².